The van der Waals surface area contributed by atoms with Crippen molar-refractivity contribution in [2.75, 3.05) is 0 Å². The Kier molecular flexibility index (Phi) is 6.90. The molecule has 0 aliphatic heterocycles. The molecule has 1 aliphatic carbocycles. The van der Waals surface area contributed by atoms with Gasteiger partial charge in [-0.2, -0.15) is 9.98 Å². The highest BCUT2D eigenvalue weighted by Crippen LogP contribution is 2.48. The Hall–Kier alpha value is -3.70. The van der Waals surface area contributed by atoms with E-state index in [4.69, 9.17) is 10.2 Å². The molecule has 3 aromatic rings. The summed E-state index contributed by atoms with van der Waals surface area (Å²) < 4.78 is 6.11. The van der Waals surface area contributed by atoms with E-state index in [9.17, 15) is 9.59 Å². The fourth-order valence-corrected chi connectivity index (χ4v) is 5.20. The van der Waals surface area contributed by atoms with Gasteiger partial charge in [0.05, 0.1) is 12.1 Å². The van der Waals surface area contributed by atoms with E-state index < -0.39 is 5.41 Å². The molecule has 4 rings (SSSR count). The van der Waals surface area contributed by atoms with Crippen LogP contribution < -0.4 is 5.73 Å². The molecule has 0 radical (unpaired) electrons. The summed E-state index contributed by atoms with van der Waals surface area (Å²) in [7, 11) is 0. The molecule has 0 spiro atoms. The summed E-state index contributed by atoms with van der Waals surface area (Å²) in [6.45, 7) is 7.49. The van der Waals surface area contributed by atoms with Crippen molar-refractivity contribution >= 4 is 12.2 Å². The number of aromatic nitrogens is 2. The van der Waals surface area contributed by atoms with Crippen molar-refractivity contribution in [1.82, 2.24) is 10.2 Å². The van der Waals surface area contributed by atoms with Crippen molar-refractivity contribution in [2.45, 2.75) is 70.5 Å². The molecule has 1 heterocycles. The summed E-state index contributed by atoms with van der Waals surface area (Å²) in [5, 5.41) is 8.65. The van der Waals surface area contributed by atoms with Crippen LogP contribution in [0.5, 0.6) is 0 Å². The smallest absolute Gasteiger partial charge is 0.235 e. The van der Waals surface area contributed by atoms with Gasteiger partial charge >= 0.3 is 0 Å². The van der Waals surface area contributed by atoms with E-state index in [2.05, 4.69) is 44.4 Å². The van der Waals surface area contributed by atoms with Crippen LogP contribution in [0.25, 0.3) is 0 Å². The maximum Gasteiger partial charge on any atom is 0.235 e. The Morgan fingerprint density at radius 2 is 1.46 bits per heavy atom. The molecule has 35 heavy (non-hydrogen) atoms. The molecule has 2 aromatic carbocycles. The van der Waals surface area contributed by atoms with Crippen LogP contribution in [0.4, 0.5) is 0 Å². The molecule has 0 fully saturated rings. The van der Waals surface area contributed by atoms with Crippen LogP contribution in [0.3, 0.4) is 0 Å². The predicted molar refractivity (Wildman–Crippen MR) is 131 cm³/mol. The molecule has 2 unspecified atom stereocenters. The maximum atomic E-state index is 10.9. The van der Waals surface area contributed by atoms with Crippen LogP contribution in [0.1, 0.15) is 84.4 Å². The van der Waals surface area contributed by atoms with Gasteiger partial charge in [-0.3, -0.25) is 0 Å². The monoisotopic (exact) mass is 471 g/mol. The zero-order valence-corrected chi connectivity index (χ0v) is 20.4. The second-order valence-electron chi connectivity index (χ2n) is 9.34. The number of hydrogen-bond donors (Lipinski definition) is 1. The quantitative estimate of drug-likeness (QED) is 0.404. The topological polar surface area (TPSA) is 124 Å². The molecule has 0 amide bonds. The highest BCUT2D eigenvalue weighted by molar-refractivity contribution is 5.56. The second-order valence-corrected chi connectivity index (χ2v) is 9.34. The summed E-state index contributed by atoms with van der Waals surface area (Å²) >= 11 is 0. The molecule has 2 N–H and O–H groups in total. The molecule has 1 aromatic heterocycles. The molecule has 1 aliphatic rings. The predicted octanol–water partition coefficient (Wildman–Crippen LogP) is 4.34. The third kappa shape index (κ3) is 4.52. The minimum atomic E-state index is -0.762. The lowest BCUT2D eigenvalue weighted by Gasteiger charge is -2.35. The van der Waals surface area contributed by atoms with E-state index in [0.717, 1.165) is 46.2 Å². The molecular weight excluding hydrogens is 442 g/mol. The molecule has 0 bridgehead atoms. The number of fused-ring (bicyclic) bond motifs is 2. The van der Waals surface area contributed by atoms with Gasteiger partial charge in [-0.05, 0) is 73.4 Å². The van der Waals surface area contributed by atoms with E-state index in [0.29, 0.717) is 18.2 Å². The fraction of sp³-hybridized carbons (Fsp3) is 0.407. The van der Waals surface area contributed by atoms with Crippen molar-refractivity contribution in [3.8, 4) is 0 Å². The van der Waals surface area contributed by atoms with Crippen molar-refractivity contribution in [2.24, 2.45) is 15.7 Å². The number of rotatable bonds is 7. The van der Waals surface area contributed by atoms with E-state index in [-0.39, 0.29) is 18.1 Å². The molecule has 0 saturated heterocycles. The Morgan fingerprint density at radius 1 is 0.943 bits per heavy atom. The number of aliphatic imine (C=N–C) groups is 2. The zero-order valence-electron chi connectivity index (χ0n) is 20.4. The van der Waals surface area contributed by atoms with Crippen molar-refractivity contribution in [3.63, 3.8) is 0 Å². The first kappa shape index (κ1) is 24.4. The third-order valence-corrected chi connectivity index (χ3v) is 6.82. The van der Waals surface area contributed by atoms with Gasteiger partial charge in [-0.25, -0.2) is 9.59 Å². The highest BCUT2D eigenvalue weighted by atomic mass is 16.4. The molecule has 0 saturated carbocycles. The summed E-state index contributed by atoms with van der Waals surface area (Å²) in [5.41, 5.74) is 11.9. The number of benzene rings is 2. The lowest BCUT2D eigenvalue weighted by atomic mass is 9.68. The van der Waals surface area contributed by atoms with Crippen LogP contribution in [0.2, 0.25) is 0 Å². The van der Waals surface area contributed by atoms with Crippen LogP contribution >= 0.6 is 0 Å². The van der Waals surface area contributed by atoms with Gasteiger partial charge in [0.2, 0.25) is 23.9 Å². The molecule has 8 nitrogen and oxygen atoms in total. The second kappa shape index (κ2) is 9.88. The van der Waals surface area contributed by atoms with Gasteiger partial charge in [0.15, 0.2) is 0 Å². The maximum absolute atomic E-state index is 10.9. The summed E-state index contributed by atoms with van der Waals surface area (Å²) in [6, 6.07) is 11.6. The minimum absolute atomic E-state index is 0.169. The summed E-state index contributed by atoms with van der Waals surface area (Å²) in [4.78, 5) is 29.5. The normalized spacial score (nSPS) is 19.2. The van der Waals surface area contributed by atoms with E-state index >= 15 is 0 Å². The van der Waals surface area contributed by atoms with Crippen LogP contribution in [-0.4, -0.2) is 28.4 Å². The lowest BCUT2D eigenvalue weighted by Crippen LogP contribution is -2.37. The van der Waals surface area contributed by atoms with Gasteiger partial charge in [0, 0.05) is 13.0 Å². The average molecular weight is 472 g/mol. The van der Waals surface area contributed by atoms with Crippen LogP contribution in [0, 0.1) is 6.92 Å². The molecule has 180 valence electrons. The molecular formula is C27H29N5O3. The van der Waals surface area contributed by atoms with Gasteiger partial charge in [-0.1, -0.05) is 36.4 Å². The number of nitrogens with zero attached hydrogens (tertiary/aromatic N) is 4. The number of hydrogen-bond acceptors (Lipinski definition) is 8. The first-order valence-corrected chi connectivity index (χ1v) is 11.8. The number of carbonyl (C=O) groups excluding carboxylic acids is 2. The first-order valence-electron chi connectivity index (χ1n) is 11.8. The Labute approximate surface area is 204 Å². The Balaban J connectivity index is 2.02. The van der Waals surface area contributed by atoms with E-state index in [1.807, 2.05) is 32.9 Å². The third-order valence-electron chi connectivity index (χ3n) is 6.82. The van der Waals surface area contributed by atoms with Gasteiger partial charge < -0.3 is 10.2 Å². The molecule has 3 atom stereocenters. The molecule has 8 heteroatoms. The average Bonchev–Trinajstić information content (AvgIpc) is 3.22. The standard InChI is InChI=1S/C27H29N5O3/c1-16(28)13-27(26-32-31-19(4)35-26)24-9-7-20(17(2)29-14-33)11-22(24)5-6-23-12-21(8-10-25(23)27)18(3)30-15-34/h7-12,16-18H,5-6,13,28H2,1-4H3/t16-,17?,18?,27?/m1/s1. The SMILES string of the molecule is Cc1nnc(C2(C[C@@H](C)N)c3ccc(C(C)N=C=O)cc3CCc3cc(C(C)N=C=O)ccc32)o1. The number of isocyanates is 2. The van der Waals surface area contributed by atoms with Gasteiger partial charge in [0.1, 0.15) is 5.41 Å². The van der Waals surface area contributed by atoms with Crippen LogP contribution in [-0.2, 0) is 27.8 Å². The van der Waals surface area contributed by atoms with Gasteiger partial charge in [-0.15, -0.1) is 10.2 Å². The van der Waals surface area contributed by atoms with Crippen LogP contribution in [0.15, 0.2) is 50.8 Å². The van der Waals surface area contributed by atoms with Crippen molar-refractivity contribution in [3.05, 3.63) is 81.6 Å². The largest absolute Gasteiger partial charge is 0.424 e. The fourth-order valence-electron chi connectivity index (χ4n) is 5.20. The Bertz CT molecular complexity index is 1260. The zero-order chi connectivity index (χ0) is 25.2. The van der Waals surface area contributed by atoms with Gasteiger partial charge in [0.25, 0.3) is 0 Å². The first-order chi connectivity index (χ1) is 16.8. The highest BCUT2D eigenvalue weighted by Gasteiger charge is 2.46. The minimum Gasteiger partial charge on any atom is -0.424 e. The Morgan fingerprint density at radius 3 is 1.86 bits per heavy atom. The van der Waals surface area contributed by atoms with Crippen molar-refractivity contribution < 1.29 is 14.0 Å². The summed E-state index contributed by atoms with van der Waals surface area (Å²) in [5.74, 6) is 0.975. The lowest BCUT2D eigenvalue weighted by molar-refractivity contribution is 0.366. The summed E-state index contributed by atoms with van der Waals surface area (Å²) in [6.07, 6.45) is 5.39. The van der Waals surface area contributed by atoms with E-state index in [1.165, 1.54) is 0 Å². The van der Waals surface area contributed by atoms with Crippen molar-refractivity contribution in [1.29, 1.82) is 0 Å². The number of aryl methyl sites for hydroxylation is 3. The van der Waals surface area contributed by atoms with E-state index in [1.54, 1.807) is 19.1 Å². The number of nitrogens with two attached hydrogens (primary N) is 1.